The molecule has 0 unspecified atom stereocenters. The van der Waals surface area contributed by atoms with Crippen LogP contribution >= 0.6 is 0 Å². The third-order valence-electron chi connectivity index (χ3n) is 3.98. The summed E-state index contributed by atoms with van der Waals surface area (Å²) in [5.74, 6) is -2.35. The number of hydrogen-bond acceptors (Lipinski definition) is 5. The quantitative estimate of drug-likeness (QED) is 0.619. The van der Waals surface area contributed by atoms with Crippen molar-refractivity contribution in [1.82, 2.24) is 10.9 Å². The molecule has 1 aliphatic rings. The number of esters is 1. The summed E-state index contributed by atoms with van der Waals surface area (Å²) in [6, 6.07) is 12.5. The van der Waals surface area contributed by atoms with E-state index in [4.69, 9.17) is 9.47 Å². The summed E-state index contributed by atoms with van der Waals surface area (Å²) in [5, 5.41) is 0. The molecule has 0 radical (unpaired) electrons. The third kappa shape index (κ3) is 4.22. The van der Waals surface area contributed by atoms with Crippen LogP contribution in [0, 0.1) is 5.82 Å². The van der Waals surface area contributed by atoms with E-state index < -0.39 is 35.8 Å². The van der Waals surface area contributed by atoms with Crippen LogP contribution in [0.3, 0.4) is 0 Å². The van der Waals surface area contributed by atoms with Crippen molar-refractivity contribution in [2.24, 2.45) is 0 Å². The van der Waals surface area contributed by atoms with Gasteiger partial charge in [-0.1, -0.05) is 30.3 Å². The lowest BCUT2D eigenvalue weighted by Crippen LogP contribution is -2.47. The fourth-order valence-electron chi connectivity index (χ4n) is 2.61. The Bertz CT molecular complexity index is 886. The molecule has 1 aliphatic heterocycles. The fourth-order valence-corrected chi connectivity index (χ4v) is 2.61. The molecule has 8 heteroatoms. The molecule has 1 heterocycles. The zero-order chi connectivity index (χ0) is 19.4. The second-order valence-electron chi connectivity index (χ2n) is 5.91. The SMILES string of the molecule is C[C@@H](Oc1ccccc1F)C(=O)NNC(=O)C[C@H]1OC(=O)c2ccccc21. The topological polar surface area (TPSA) is 93.7 Å². The standard InChI is InChI=1S/C19H17FN2O5/c1-11(26-15-9-5-4-8-14(15)20)18(24)22-21-17(23)10-16-12-6-2-3-7-13(12)19(25)27-16/h2-9,11,16H,10H2,1H3,(H,21,23)(H,22,24)/t11-,16-/m1/s1. The number of ether oxygens (including phenoxy) is 2. The molecule has 0 fully saturated rings. The minimum Gasteiger partial charge on any atom is -0.478 e. The molecule has 0 aliphatic carbocycles. The zero-order valence-corrected chi connectivity index (χ0v) is 14.4. The number of benzene rings is 2. The molecule has 2 aromatic rings. The van der Waals surface area contributed by atoms with Crippen molar-refractivity contribution < 1.29 is 28.2 Å². The van der Waals surface area contributed by atoms with Gasteiger partial charge in [0, 0.05) is 5.56 Å². The molecule has 0 aromatic heterocycles. The normalized spacial score (nSPS) is 16.1. The molecule has 7 nitrogen and oxygen atoms in total. The van der Waals surface area contributed by atoms with E-state index in [0.717, 1.165) is 0 Å². The number of halogens is 1. The molecule has 0 bridgehead atoms. The fraction of sp³-hybridized carbons (Fsp3) is 0.211. The molecule has 27 heavy (non-hydrogen) atoms. The van der Waals surface area contributed by atoms with Gasteiger partial charge in [0.2, 0.25) is 5.91 Å². The predicted molar refractivity (Wildman–Crippen MR) is 92.0 cm³/mol. The Labute approximate surface area is 154 Å². The summed E-state index contributed by atoms with van der Waals surface area (Å²) < 4.78 is 23.9. The Morgan fingerprint density at radius 2 is 1.85 bits per heavy atom. The monoisotopic (exact) mass is 372 g/mol. The van der Waals surface area contributed by atoms with E-state index in [9.17, 15) is 18.8 Å². The number of hydrazine groups is 1. The number of hydrogen-bond donors (Lipinski definition) is 2. The number of fused-ring (bicyclic) bond motifs is 1. The van der Waals surface area contributed by atoms with Gasteiger partial charge in [-0.15, -0.1) is 0 Å². The highest BCUT2D eigenvalue weighted by Crippen LogP contribution is 2.32. The van der Waals surface area contributed by atoms with Gasteiger partial charge in [-0.05, 0) is 25.1 Å². The average Bonchev–Trinajstić information content (AvgIpc) is 2.97. The second kappa shape index (κ2) is 7.86. The Balaban J connectivity index is 1.50. The third-order valence-corrected chi connectivity index (χ3v) is 3.98. The molecule has 2 amide bonds. The molecule has 0 saturated heterocycles. The van der Waals surface area contributed by atoms with Gasteiger partial charge >= 0.3 is 5.97 Å². The van der Waals surface area contributed by atoms with Crippen LogP contribution in [-0.4, -0.2) is 23.9 Å². The Morgan fingerprint density at radius 3 is 2.63 bits per heavy atom. The molecule has 0 saturated carbocycles. The van der Waals surface area contributed by atoms with E-state index in [1.165, 1.54) is 25.1 Å². The Kier molecular flexibility index (Phi) is 5.35. The Morgan fingerprint density at radius 1 is 1.15 bits per heavy atom. The Hall–Kier alpha value is -3.42. The first-order chi connectivity index (χ1) is 13.0. The average molecular weight is 372 g/mol. The van der Waals surface area contributed by atoms with Crippen LogP contribution < -0.4 is 15.6 Å². The molecule has 2 aromatic carbocycles. The zero-order valence-electron chi connectivity index (χ0n) is 14.4. The summed E-state index contributed by atoms with van der Waals surface area (Å²) in [6.45, 7) is 1.42. The van der Waals surface area contributed by atoms with Crippen LogP contribution in [0.1, 0.15) is 35.4 Å². The van der Waals surface area contributed by atoms with Crippen LogP contribution in [0.15, 0.2) is 48.5 Å². The summed E-state index contributed by atoms with van der Waals surface area (Å²) in [5.41, 5.74) is 5.49. The van der Waals surface area contributed by atoms with Gasteiger partial charge in [0.1, 0.15) is 6.10 Å². The van der Waals surface area contributed by atoms with Gasteiger partial charge in [0.05, 0.1) is 12.0 Å². The number of cyclic esters (lactones) is 1. The number of para-hydroxylation sites is 1. The minimum atomic E-state index is -1.03. The summed E-state index contributed by atoms with van der Waals surface area (Å²) >= 11 is 0. The molecular formula is C19H17FN2O5. The van der Waals surface area contributed by atoms with Gasteiger partial charge in [-0.25, -0.2) is 9.18 Å². The summed E-state index contributed by atoms with van der Waals surface area (Å²) in [6.07, 6.45) is -1.89. The molecule has 2 atom stereocenters. The number of carbonyl (C=O) groups excluding carboxylic acids is 3. The molecule has 2 N–H and O–H groups in total. The van der Waals surface area contributed by atoms with Crippen LogP contribution in [0.25, 0.3) is 0 Å². The summed E-state index contributed by atoms with van der Waals surface area (Å²) in [7, 11) is 0. The molecular weight excluding hydrogens is 355 g/mol. The maximum Gasteiger partial charge on any atom is 0.339 e. The largest absolute Gasteiger partial charge is 0.478 e. The van der Waals surface area contributed by atoms with Crippen LogP contribution in [0.5, 0.6) is 5.75 Å². The molecule has 0 spiro atoms. The van der Waals surface area contributed by atoms with E-state index >= 15 is 0 Å². The first kappa shape index (κ1) is 18.4. The lowest BCUT2D eigenvalue weighted by molar-refractivity contribution is -0.133. The van der Waals surface area contributed by atoms with Crippen molar-refractivity contribution in [3.8, 4) is 5.75 Å². The number of nitrogens with one attached hydrogen (secondary N) is 2. The van der Waals surface area contributed by atoms with Gasteiger partial charge in [-0.2, -0.15) is 0 Å². The van der Waals surface area contributed by atoms with Crippen molar-refractivity contribution in [3.05, 3.63) is 65.5 Å². The summed E-state index contributed by atoms with van der Waals surface area (Å²) in [4.78, 5) is 35.8. The first-order valence-electron chi connectivity index (χ1n) is 8.25. The van der Waals surface area contributed by atoms with Crippen LogP contribution in [0.4, 0.5) is 4.39 Å². The van der Waals surface area contributed by atoms with Crippen molar-refractivity contribution >= 4 is 17.8 Å². The maximum atomic E-state index is 13.5. The van der Waals surface area contributed by atoms with Crippen molar-refractivity contribution in [2.45, 2.75) is 25.6 Å². The smallest absolute Gasteiger partial charge is 0.339 e. The lowest BCUT2D eigenvalue weighted by atomic mass is 10.0. The van der Waals surface area contributed by atoms with Gasteiger partial charge in [0.25, 0.3) is 5.91 Å². The lowest BCUT2D eigenvalue weighted by Gasteiger charge is -2.16. The van der Waals surface area contributed by atoms with Crippen LogP contribution in [-0.2, 0) is 14.3 Å². The second-order valence-corrected chi connectivity index (χ2v) is 5.91. The highest BCUT2D eigenvalue weighted by molar-refractivity contribution is 5.94. The van der Waals surface area contributed by atoms with E-state index in [2.05, 4.69) is 10.9 Å². The van der Waals surface area contributed by atoms with E-state index in [0.29, 0.717) is 11.1 Å². The maximum absolute atomic E-state index is 13.5. The minimum absolute atomic E-state index is 0.0686. The van der Waals surface area contributed by atoms with Crippen molar-refractivity contribution in [1.29, 1.82) is 0 Å². The number of amides is 2. The van der Waals surface area contributed by atoms with E-state index in [-0.39, 0.29) is 12.2 Å². The van der Waals surface area contributed by atoms with E-state index in [1.54, 1.807) is 30.3 Å². The number of rotatable bonds is 5. The van der Waals surface area contributed by atoms with Gasteiger partial charge < -0.3 is 9.47 Å². The first-order valence-corrected chi connectivity index (χ1v) is 8.25. The van der Waals surface area contributed by atoms with Crippen molar-refractivity contribution in [3.63, 3.8) is 0 Å². The molecule has 140 valence electrons. The van der Waals surface area contributed by atoms with Gasteiger partial charge in [-0.3, -0.25) is 20.4 Å². The van der Waals surface area contributed by atoms with Gasteiger partial charge in [0.15, 0.2) is 17.7 Å². The highest BCUT2D eigenvalue weighted by Gasteiger charge is 2.32. The van der Waals surface area contributed by atoms with Crippen LogP contribution in [0.2, 0.25) is 0 Å². The molecule has 3 rings (SSSR count). The predicted octanol–water partition coefficient (Wildman–Crippen LogP) is 2.04. The number of carbonyl (C=O) groups is 3. The van der Waals surface area contributed by atoms with E-state index in [1.807, 2.05) is 0 Å². The highest BCUT2D eigenvalue weighted by atomic mass is 19.1. The van der Waals surface area contributed by atoms with Crippen molar-refractivity contribution in [2.75, 3.05) is 0 Å².